The van der Waals surface area contributed by atoms with Gasteiger partial charge in [0.2, 0.25) is 5.96 Å². The molecule has 0 N–H and O–H groups in total. The Balaban J connectivity index is 1.56. The molecule has 2 aromatic rings. The van der Waals surface area contributed by atoms with Gasteiger partial charge in [0.15, 0.2) is 17.3 Å². The van der Waals surface area contributed by atoms with Crippen LogP contribution in [0.15, 0.2) is 56.7 Å². The predicted molar refractivity (Wildman–Crippen MR) is 116 cm³/mol. The van der Waals surface area contributed by atoms with Crippen LogP contribution in [-0.2, 0) is 9.73 Å². The fraction of sp³-hybridized carbons (Fsp3) is 0.364. The highest BCUT2D eigenvalue weighted by molar-refractivity contribution is 7.93. The van der Waals surface area contributed by atoms with Crippen molar-refractivity contribution in [2.24, 2.45) is 15.3 Å². The monoisotopic (exact) mass is 427 g/mol. The number of carbonyl (C=O) groups excluding carboxylic acids is 1. The summed E-state index contributed by atoms with van der Waals surface area (Å²) in [5.41, 5.74) is 1.33. The summed E-state index contributed by atoms with van der Waals surface area (Å²) >= 11 is 0. The molecule has 4 rings (SSSR count). The fourth-order valence-electron chi connectivity index (χ4n) is 3.88. The van der Waals surface area contributed by atoms with Gasteiger partial charge in [0.1, 0.15) is 0 Å². The standard InChI is InChI=1S/C22H25N3O4S/c1-28-18-13-17-20(14-19(18)29-2)30(3,27)24-22(23-17)25-11-9-16(10-12-25)21(26)15-7-5-4-6-8-15/h4-8,13-14,16H,9-12H2,1-3H3. The zero-order valence-corrected chi connectivity index (χ0v) is 18.1. The van der Waals surface area contributed by atoms with Gasteiger partial charge in [-0.1, -0.05) is 30.3 Å². The van der Waals surface area contributed by atoms with Gasteiger partial charge in [-0.25, -0.2) is 9.20 Å². The van der Waals surface area contributed by atoms with E-state index in [1.165, 1.54) is 7.11 Å². The highest BCUT2D eigenvalue weighted by Gasteiger charge is 2.30. The van der Waals surface area contributed by atoms with Gasteiger partial charge in [-0.2, -0.15) is 4.36 Å². The molecule has 0 saturated carbocycles. The Morgan fingerprint density at radius 2 is 1.70 bits per heavy atom. The van der Waals surface area contributed by atoms with E-state index >= 15 is 0 Å². The number of carbonyl (C=O) groups is 1. The van der Waals surface area contributed by atoms with Crippen molar-refractivity contribution in [2.45, 2.75) is 17.7 Å². The maximum absolute atomic E-state index is 13.3. The largest absolute Gasteiger partial charge is 0.493 e. The Morgan fingerprint density at radius 3 is 2.33 bits per heavy atom. The van der Waals surface area contributed by atoms with Gasteiger partial charge in [-0.05, 0) is 12.8 Å². The van der Waals surface area contributed by atoms with E-state index in [0.29, 0.717) is 54.0 Å². The number of rotatable bonds is 4. The first-order valence-electron chi connectivity index (χ1n) is 9.84. The van der Waals surface area contributed by atoms with E-state index < -0.39 is 9.73 Å². The molecule has 0 bridgehead atoms. The zero-order chi connectivity index (χ0) is 21.3. The molecule has 2 aromatic carbocycles. The van der Waals surface area contributed by atoms with Crippen LogP contribution in [0.1, 0.15) is 23.2 Å². The average Bonchev–Trinajstić information content (AvgIpc) is 2.78. The first-order chi connectivity index (χ1) is 14.4. The SMILES string of the molecule is COc1cc2c(cc1OC)S(C)(=O)=NC(N1CCC(C(=O)c3ccccc3)CC1)=N2. The van der Waals surface area contributed by atoms with E-state index in [-0.39, 0.29) is 11.7 Å². The summed E-state index contributed by atoms with van der Waals surface area (Å²) in [4.78, 5) is 19.9. The summed E-state index contributed by atoms with van der Waals surface area (Å²) in [6.45, 7) is 1.29. The van der Waals surface area contributed by atoms with Gasteiger partial charge < -0.3 is 14.4 Å². The fourth-order valence-corrected chi connectivity index (χ4v) is 5.27. The maximum Gasteiger partial charge on any atom is 0.234 e. The summed E-state index contributed by atoms with van der Waals surface area (Å²) in [5, 5.41) is 0. The molecule has 0 radical (unpaired) electrons. The van der Waals surface area contributed by atoms with E-state index in [4.69, 9.17) is 9.47 Å². The number of ether oxygens (including phenoxy) is 2. The smallest absolute Gasteiger partial charge is 0.234 e. The van der Waals surface area contributed by atoms with Crippen molar-refractivity contribution in [3.63, 3.8) is 0 Å². The highest BCUT2D eigenvalue weighted by atomic mass is 32.2. The van der Waals surface area contributed by atoms with Gasteiger partial charge in [0.05, 0.1) is 34.5 Å². The van der Waals surface area contributed by atoms with Gasteiger partial charge in [-0.15, -0.1) is 0 Å². The van der Waals surface area contributed by atoms with Crippen molar-refractivity contribution >= 4 is 27.2 Å². The molecule has 0 amide bonds. The lowest BCUT2D eigenvalue weighted by molar-refractivity contribution is 0.0872. The quantitative estimate of drug-likeness (QED) is 0.694. The number of hydrogen-bond donors (Lipinski definition) is 0. The Bertz CT molecular complexity index is 1110. The lowest BCUT2D eigenvalue weighted by Crippen LogP contribution is -2.40. The van der Waals surface area contributed by atoms with Crippen molar-refractivity contribution in [2.75, 3.05) is 33.6 Å². The Labute approximate surface area is 176 Å². The molecular weight excluding hydrogens is 402 g/mol. The molecule has 7 nitrogen and oxygen atoms in total. The van der Waals surface area contributed by atoms with Crippen molar-refractivity contribution in [1.29, 1.82) is 0 Å². The number of benzene rings is 2. The maximum atomic E-state index is 13.3. The number of ketones is 1. The molecular formula is C22H25N3O4S. The number of guanidine groups is 1. The van der Waals surface area contributed by atoms with E-state index in [0.717, 1.165) is 5.56 Å². The van der Waals surface area contributed by atoms with Gasteiger partial charge in [0, 0.05) is 43.0 Å². The van der Waals surface area contributed by atoms with Crippen molar-refractivity contribution < 1.29 is 18.5 Å². The third-order valence-electron chi connectivity index (χ3n) is 5.56. The molecule has 0 spiro atoms. The molecule has 1 unspecified atom stereocenters. The van der Waals surface area contributed by atoms with E-state index in [1.807, 2.05) is 35.2 Å². The minimum atomic E-state index is -2.67. The normalized spacial score (nSPS) is 21.3. The number of fused-ring (bicyclic) bond motifs is 1. The molecule has 8 heteroatoms. The van der Waals surface area contributed by atoms with E-state index in [9.17, 15) is 9.00 Å². The molecule has 0 aromatic heterocycles. The van der Waals surface area contributed by atoms with Crippen molar-refractivity contribution in [3.05, 3.63) is 48.0 Å². The van der Waals surface area contributed by atoms with Crippen LogP contribution in [0.4, 0.5) is 5.69 Å². The van der Waals surface area contributed by atoms with Crippen LogP contribution in [0.2, 0.25) is 0 Å². The van der Waals surface area contributed by atoms with E-state index in [2.05, 4.69) is 9.36 Å². The summed E-state index contributed by atoms with van der Waals surface area (Å²) in [6.07, 6.45) is 3.04. The first kappa shape index (κ1) is 20.4. The van der Waals surface area contributed by atoms with Crippen LogP contribution < -0.4 is 9.47 Å². The van der Waals surface area contributed by atoms with Gasteiger partial charge >= 0.3 is 0 Å². The number of piperidine rings is 1. The molecule has 158 valence electrons. The number of methoxy groups -OCH3 is 2. The Kier molecular flexibility index (Phi) is 5.51. The Morgan fingerprint density at radius 1 is 1.07 bits per heavy atom. The molecule has 1 atom stereocenters. The number of likely N-dealkylation sites (tertiary alicyclic amines) is 1. The average molecular weight is 428 g/mol. The molecule has 0 aliphatic carbocycles. The van der Waals surface area contributed by atoms with Crippen LogP contribution >= 0.6 is 0 Å². The van der Waals surface area contributed by atoms with Gasteiger partial charge in [-0.3, -0.25) is 4.79 Å². The zero-order valence-electron chi connectivity index (χ0n) is 17.3. The van der Waals surface area contributed by atoms with Crippen LogP contribution in [0, 0.1) is 5.92 Å². The van der Waals surface area contributed by atoms with Crippen LogP contribution in [0.3, 0.4) is 0 Å². The van der Waals surface area contributed by atoms with E-state index in [1.54, 1.807) is 25.5 Å². The minimum absolute atomic E-state index is 0.0181. The second-order valence-electron chi connectivity index (χ2n) is 7.47. The summed E-state index contributed by atoms with van der Waals surface area (Å²) in [5.74, 6) is 1.64. The van der Waals surface area contributed by atoms with Crippen LogP contribution in [-0.4, -0.2) is 54.4 Å². The van der Waals surface area contributed by atoms with Crippen molar-refractivity contribution in [1.82, 2.24) is 4.90 Å². The van der Waals surface area contributed by atoms with Crippen LogP contribution in [0.5, 0.6) is 11.5 Å². The van der Waals surface area contributed by atoms with Gasteiger partial charge in [0.25, 0.3) is 0 Å². The first-order valence-corrected chi connectivity index (χ1v) is 11.8. The minimum Gasteiger partial charge on any atom is -0.493 e. The third kappa shape index (κ3) is 3.79. The second-order valence-corrected chi connectivity index (χ2v) is 9.70. The lowest BCUT2D eigenvalue weighted by atomic mass is 9.89. The number of Topliss-reactive ketones (excluding diaryl/α,β-unsaturated/α-hetero) is 1. The molecule has 2 aliphatic heterocycles. The molecule has 2 heterocycles. The number of hydrogen-bond acceptors (Lipinski definition) is 7. The molecule has 1 saturated heterocycles. The Hall–Kier alpha value is -2.87. The predicted octanol–water partition coefficient (Wildman–Crippen LogP) is 3.76. The topological polar surface area (TPSA) is 80.6 Å². The molecule has 30 heavy (non-hydrogen) atoms. The molecule has 2 aliphatic rings. The van der Waals surface area contributed by atoms with Crippen LogP contribution in [0.25, 0.3) is 0 Å². The third-order valence-corrected chi connectivity index (χ3v) is 7.21. The number of nitrogens with zero attached hydrogens (tertiary/aromatic N) is 3. The van der Waals surface area contributed by atoms with Crippen molar-refractivity contribution in [3.8, 4) is 11.5 Å². The summed E-state index contributed by atoms with van der Waals surface area (Å²) in [6, 6.07) is 12.8. The summed E-state index contributed by atoms with van der Waals surface area (Å²) < 4.78 is 28.4. The highest BCUT2D eigenvalue weighted by Crippen LogP contribution is 2.40. The summed E-state index contributed by atoms with van der Waals surface area (Å²) in [7, 11) is 0.423. The second kappa shape index (κ2) is 8.10. The lowest BCUT2D eigenvalue weighted by Gasteiger charge is -2.33. The molecule has 1 fully saturated rings. The number of aliphatic imine (C=N–C) groups is 1.